The highest BCUT2D eigenvalue weighted by Gasteiger charge is 2.54. The van der Waals surface area contributed by atoms with Crippen molar-refractivity contribution in [3.63, 3.8) is 0 Å². The van der Waals surface area contributed by atoms with Gasteiger partial charge in [0.25, 0.3) is 0 Å². The second kappa shape index (κ2) is 6.26. The number of carboxylic acid groups (broad SMARTS) is 1. The summed E-state index contributed by atoms with van der Waals surface area (Å²) in [5, 5.41) is 13.8. The van der Waals surface area contributed by atoms with E-state index >= 15 is 0 Å². The van der Waals surface area contributed by atoms with Crippen LogP contribution in [0.5, 0.6) is 0 Å². The zero-order chi connectivity index (χ0) is 17.4. The SMILES string of the molecule is Cc1noc(CN2C[C@H]3C[C@H](c4ccccc4)CC[C@@]3(C(=O)O)C2)n1. The highest BCUT2D eigenvalue weighted by Crippen LogP contribution is 2.51. The van der Waals surface area contributed by atoms with Crippen LogP contribution in [-0.4, -0.2) is 39.2 Å². The number of rotatable bonds is 4. The van der Waals surface area contributed by atoms with Gasteiger partial charge >= 0.3 is 5.97 Å². The molecule has 25 heavy (non-hydrogen) atoms. The molecule has 1 aromatic carbocycles. The maximum Gasteiger partial charge on any atom is 0.311 e. The zero-order valence-corrected chi connectivity index (χ0v) is 14.4. The monoisotopic (exact) mass is 341 g/mol. The van der Waals surface area contributed by atoms with Gasteiger partial charge in [0.2, 0.25) is 5.89 Å². The Labute approximate surface area is 146 Å². The van der Waals surface area contributed by atoms with Crippen molar-refractivity contribution in [2.24, 2.45) is 11.3 Å². The lowest BCUT2D eigenvalue weighted by molar-refractivity contribution is -0.152. The third kappa shape index (κ3) is 2.95. The van der Waals surface area contributed by atoms with E-state index in [0.29, 0.717) is 30.7 Å². The second-order valence-electron chi connectivity index (χ2n) is 7.45. The summed E-state index contributed by atoms with van der Waals surface area (Å²) in [6.07, 6.45) is 2.59. The van der Waals surface area contributed by atoms with Crippen LogP contribution in [0.15, 0.2) is 34.9 Å². The first-order valence-electron chi connectivity index (χ1n) is 8.87. The van der Waals surface area contributed by atoms with E-state index in [2.05, 4.69) is 39.3 Å². The molecule has 2 fully saturated rings. The van der Waals surface area contributed by atoms with Gasteiger partial charge in [-0.3, -0.25) is 9.69 Å². The number of likely N-dealkylation sites (tertiary alicyclic amines) is 1. The normalized spacial score (nSPS) is 29.5. The largest absolute Gasteiger partial charge is 0.481 e. The minimum Gasteiger partial charge on any atom is -0.481 e. The molecule has 2 heterocycles. The van der Waals surface area contributed by atoms with Crippen LogP contribution in [0.4, 0.5) is 0 Å². The third-order valence-electron chi connectivity index (χ3n) is 5.90. The molecule has 6 nitrogen and oxygen atoms in total. The highest BCUT2D eigenvalue weighted by atomic mass is 16.5. The van der Waals surface area contributed by atoms with Crippen LogP contribution in [0.1, 0.15) is 42.5 Å². The molecular weight excluding hydrogens is 318 g/mol. The molecule has 1 saturated carbocycles. The van der Waals surface area contributed by atoms with E-state index in [9.17, 15) is 9.90 Å². The van der Waals surface area contributed by atoms with Crippen molar-refractivity contribution >= 4 is 5.97 Å². The van der Waals surface area contributed by atoms with Crippen molar-refractivity contribution in [2.75, 3.05) is 13.1 Å². The molecule has 0 bridgehead atoms. The minimum absolute atomic E-state index is 0.160. The van der Waals surface area contributed by atoms with Gasteiger partial charge in [-0.2, -0.15) is 4.98 Å². The van der Waals surface area contributed by atoms with E-state index in [0.717, 1.165) is 25.8 Å². The van der Waals surface area contributed by atoms with Gasteiger partial charge in [-0.25, -0.2) is 0 Å². The molecule has 0 unspecified atom stereocenters. The van der Waals surface area contributed by atoms with Crippen molar-refractivity contribution < 1.29 is 14.4 Å². The fraction of sp³-hybridized carbons (Fsp3) is 0.526. The average molecular weight is 341 g/mol. The summed E-state index contributed by atoms with van der Waals surface area (Å²) in [5.74, 6) is 1.13. The Bertz CT molecular complexity index is 760. The Morgan fingerprint density at radius 1 is 1.40 bits per heavy atom. The first-order chi connectivity index (χ1) is 12.1. The summed E-state index contributed by atoms with van der Waals surface area (Å²) in [6, 6.07) is 10.5. The number of aromatic nitrogens is 2. The van der Waals surface area contributed by atoms with Gasteiger partial charge in [0, 0.05) is 13.1 Å². The molecule has 0 radical (unpaired) electrons. The predicted octanol–water partition coefficient (Wildman–Crippen LogP) is 2.85. The van der Waals surface area contributed by atoms with Gasteiger partial charge in [0.1, 0.15) is 0 Å². The number of hydrogen-bond acceptors (Lipinski definition) is 5. The summed E-state index contributed by atoms with van der Waals surface area (Å²) in [4.78, 5) is 18.5. The molecule has 2 aliphatic rings. The van der Waals surface area contributed by atoms with Crippen LogP contribution in [-0.2, 0) is 11.3 Å². The molecule has 1 saturated heterocycles. The molecule has 132 valence electrons. The average Bonchev–Trinajstić information content (AvgIpc) is 3.18. The molecular formula is C19H23N3O3. The van der Waals surface area contributed by atoms with Crippen LogP contribution in [0.25, 0.3) is 0 Å². The zero-order valence-electron chi connectivity index (χ0n) is 14.4. The number of aryl methyl sites for hydroxylation is 1. The van der Waals surface area contributed by atoms with Crippen LogP contribution in [0.3, 0.4) is 0 Å². The van der Waals surface area contributed by atoms with Gasteiger partial charge in [-0.1, -0.05) is 35.5 Å². The van der Waals surface area contributed by atoms with Gasteiger partial charge in [0.05, 0.1) is 12.0 Å². The smallest absolute Gasteiger partial charge is 0.311 e. The molecule has 0 spiro atoms. The Hall–Kier alpha value is -2.21. The molecule has 4 rings (SSSR count). The fourth-order valence-corrected chi connectivity index (χ4v) is 4.65. The Kier molecular flexibility index (Phi) is 4.07. The number of hydrogen-bond donors (Lipinski definition) is 1. The first kappa shape index (κ1) is 16.3. The van der Waals surface area contributed by atoms with E-state index in [1.165, 1.54) is 5.56 Å². The number of nitrogens with zero attached hydrogens (tertiary/aromatic N) is 3. The molecule has 1 aliphatic heterocycles. The molecule has 1 aromatic heterocycles. The lowest BCUT2D eigenvalue weighted by Crippen LogP contribution is -2.42. The predicted molar refractivity (Wildman–Crippen MR) is 90.9 cm³/mol. The van der Waals surface area contributed by atoms with E-state index in [1.54, 1.807) is 6.92 Å². The summed E-state index contributed by atoms with van der Waals surface area (Å²) in [6.45, 7) is 3.66. The van der Waals surface area contributed by atoms with E-state index in [-0.39, 0.29) is 5.92 Å². The highest BCUT2D eigenvalue weighted by molar-refractivity contribution is 5.76. The van der Waals surface area contributed by atoms with Crippen LogP contribution >= 0.6 is 0 Å². The lowest BCUT2D eigenvalue weighted by Gasteiger charge is -2.38. The van der Waals surface area contributed by atoms with Crippen molar-refractivity contribution in [3.8, 4) is 0 Å². The van der Waals surface area contributed by atoms with E-state index < -0.39 is 11.4 Å². The van der Waals surface area contributed by atoms with Gasteiger partial charge < -0.3 is 9.63 Å². The number of aliphatic carboxylic acids is 1. The molecule has 2 aromatic rings. The minimum atomic E-state index is -0.659. The quantitative estimate of drug-likeness (QED) is 0.921. The first-order valence-corrected chi connectivity index (χ1v) is 8.87. The summed E-state index contributed by atoms with van der Waals surface area (Å²) in [5.41, 5.74) is 0.688. The molecule has 3 atom stereocenters. The maximum atomic E-state index is 12.1. The summed E-state index contributed by atoms with van der Waals surface area (Å²) >= 11 is 0. The summed E-state index contributed by atoms with van der Waals surface area (Å²) in [7, 11) is 0. The van der Waals surface area contributed by atoms with Crippen molar-refractivity contribution in [1.29, 1.82) is 0 Å². The molecule has 6 heteroatoms. The fourth-order valence-electron chi connectivity index (χ4n) is 4.65. The van der Waals surface area contributed by atoms with Crippen LogP contribution < -0.4 is 0 Å². The van der Waals surface area contributed by atoms with Crippen LogP contribution in [0.2, 0.25) is 0 Å². The number of carboxylic acids is 1. The molecule has 1 aliphatic carbocycles. The lowest BCUT2D eigenvalue weighted by atomic mass is 9.64. The number of benzene rings is 1. The molecule has 0 amide bonds. The standard InChI is InChI=1S/C19H23N3O3/c1-13-20-17(25-21-13)11-22-10-16-9-15(14-5-3-2-4-6-14)7-8-19(16,12-22)18(23)24/h2-6,15-16H,7-12H2,1H3,(H,23,24)/t15-,16-,19-/m1/s1. The third-order valence-corrected chi connectivity index (χ3v) is 5.90. The Morgan fingerprint density at radius 3 is 2.88 bits per heavy atom. The Balaban J connectivity index is 1.52. The van der Waals surface area contributed by atoms with Gasteiger partial charge in [-0.15, -0.1) is 0 Å². The Morgan fingerprint density at radius 2 is 2.20 bits per heavy atom. The maximum absolute atomic E-state index is 12.1. The summed E-state index contributed by atoms with van der Waals surface area (Å²) < 4.78 is 5.21. The topological polar surface area (TPSA) is 79.5 Å². The number of carbonyl (C=O) groups is 1. The van der Waals surface area contributed by atoms with Gasteiger partial charge in [0.15, 0.2) is 5.82 Å². The van der Waals surface area contributed by atoms with Crippen molar-refractivity contribution in [2.45, 2.75) is 38.6 Å². The second-order valence-corrected chi connectivity index (χ2v) is 7.45. The van der Waals surface area contributed by atoms with E-state index in [1.807, 2.05) is 6.07 Å². The van der Waals surface area contributed by atoms with Crippen molar-refractivity contribution in [1.82, 2.24) is 15.0 Å². The van der Waals surface area contributed by atoms with Crippen LogP contribution in [0, 0.1) is 18.3 Å². The number of fused-ring (bicyclic) bond motifs is 1. The molecule has 1 N–H and O–H groups in total. The van der Waals surface area contributed by atoms with E-state index in [4.69, 9.17) is 4.52 Å². The van der Waals surface area contributed by atoms with Gasteiger partial charge in [-0.05, 0) is 43.6 Å². The van der Waals surface area contributed by atoms with Crippen molar-refractivity contribution in [3.05, 3.63) is 47.6 Å².